The molecular formula is C23H28F5N5O7S2. The Morgan fingerprint density at radius 1 is 1.21 bits per heavy atom. The number of hydrogen-bond donors (Lipinski definition) is 2. The van der Waals surface area contributed by atoms with E-state index in [0.29, 0.717) is 37.2 Å². The van der Waals surface area contributed by atoms with Gasteiger partial charge in [-0.3, -0.25) is 9.21 Å². The molecule has 1 aromatic heterocycles. The molecule has 2 N–H and O–H groups in total. The van der Waals surface area contributed by atoms with E-state index in [-0.39, 0.29) is 21.0 Å². The Morgan fingerprint density at radius 2 is 1.83 bits per heavy atom. The van der Waals surface area contributed by atoms with Crippen molar-refractivity contribution in [3.8, 4) is 5.75 Å². The lowest BCUT2D eigenvalue weighted by Crippen LogP contribution is -2.57. The molecule has 12 nitrogen and oxygen atoms in total. The standard InChI is InChI=1S/C23H28F5N5O7S2/c1-12-19(11-31(30-12)20(24)25)42(38,39)33-13(2)18(10-29-41(36,37)15-6-7-15)40-17-8-5-14(9-16(17)33)32(21(34)35)22(3,4)23(26,27)28/h5,8-9,11,13,15,18,20,29H,6-7,10H2,1-4H3,(H,34,35)/t13-,18+/m1/s1. The van der Waals surface area contributed by atoms with Gasteiger partial charge >= 0.3 is 18.8 Å². The number of carbonyl (C=O) groups is 1. The number of anilines is 2. The number of fused-ring (bicyclic) bond motifs is 1. The smallest absolute Gasteiger partial charge is 0.412 e. The number of ether oxygens (including phenoxy) is 1. The van der Waals surface area contributed by atoms with Crippen LogP contribution in [0, 0.1) is 6.92 Å². The second-order valence-corrected chi connectivity index (χ2v) is 14.3. The molecule has 1 saturated carbocycles. The van der Waals surface area contributed by atoms with E-state index in [1.54, 1.807) is 0 Å². The molecule has 2 atom stereocenters. The van der Waals surface area contributed by atoms with E-state index in [4.69, 9.17) is 4.74 Å². The minimum Gasteiger partial charge on any atom is -0.485 e. The van der Waals surface area contributed by atoms with Gasteiger partial charge in [-0.2, -0.15) is 27.1 Å². The molecule has 0 radical (unpaired) electrons. The zero-order chi connectivity index (χ0) is 31.6. The maximum atomic E-state index is 14.0. The fourth-order valence-electron chi connectivity index (χ4n) is 4.53. The molecule has 1 aliphatic carbocycles. The van der Waals surface area contributed by atoms with Crippen molar-refractivity contribution in [3.63, 3.8) is 0 Å². The Bertz CT molecular complexity index is 1590. The van der Waals surface area contributed by atoms with Crippen molar-refractivity contribution in [2.75, 3.05) is 15.7 Å². The SMILES string of the molecule is Cc1nn(C(F)F)cc1S(=O)(=O)N1c2cc(N(C(=O)O)C(C)(C)C(F)(F)F)ccc2O[C@@H](CNS(=O)(=O)C2CC2)[C@H]1C. The summed E-state index contributed by atoms with van der Waals surface area (Å²) in [4.78, 5) is 11.4. The van der Waals surface area contributed by atoms with Gasteiger partial charge in [-0.25, -0.2) is 31.0 Å². The highest BCUT2D eigenvalue weighted by Crippen LogP contribution is 2.45. The zero-order valence-electron chi connectivity index (χ0n) is 22.6. The predicted octanol–water partition coefficient (Wildman–Crippen LogP) is 3.84. The van der Waals surface area contributed by atoms with Crippen molar-refractivity contribution >= 4 is 37.5 Å². The minimum absolute atomic E-state index is 0.0126. The van der Waals surface area contributed by atoms with Gasteiger partial charge in [0, 0.05) is 6.54 Å². The van der Waals surface area contributed by atoms with Gasteiger partial charge in [0.2, 0.25) is 10.0 Å². The number of nitrogens with zero attached hydrogens (tertiary/aromatic N) is 4. The number of aromatic nitrogens is 2. The first kappa shape index (κ1) is 31.7. The van der Waals surface area contributed by atoms with Crippen molar-refractivity contribution in [1.82, 2.24) is 14.5 Å². The number of nitrogens with one attached hydrogen (secondary N) is 1. The van der Waals surface area contributed by atoms with E-state index >= 15 is 0 Å². The predicted molar refractivity (Wildman–Crippen MR) is 139 cm³/mol. The maximum absolute atomic E-state index is 14.0. The average Bonchev–Trinajstić information content (AvgIpc) is 3.63. The topological polar surface area (TPSA) is 151 Å². The van der Waals surface area contributed by atoms with Crippen molar-refractivity contribution < 1.29 is 53.4 Å². The van der Waals surface area contributed by atoms with Crippen LogP contribution in [0.3, 0.4) is 0 Å². The highest BCUT2D eigenvalue weighted by Gasteiger charge is 2.54. The third-order valence-corrected chi connectivity index (χ3v) is 11.0. The lowest BCUT2D eigenvalue weighted by molar-refractivity contribution is -0.175. The van der Waals surface area contributed by atoms with Crippen molar-refractivity contribution in [2.24, 2.45) is 0 Å². The minimum atomic E-state index is -5.04. The van der Waals surface area contributed by atoms with Gasteiger partial charge in [0.1, 0.15) is 22.3 Å². The first-order valence-corrected chi connectivity index (χ1v) is 15.5. The van der Waals surface area contributed by atoms with Gasteiger partial charge in [-0.1, -0.05) is 0 Å². The summed E-state index contributed by atoms with van der Waals surface area (Å²) in [5, 5.41) is 12.6. The summed E-state index contributed by atoms with van der Waals surface area (Å²) in [5.74, 6) is -0.231. The molecule has 1 aliphatic heterocycles. The number of sulfonamides is 2. The van der Waals surface area contributed by atoms with Crippen LogP contribution in [-0.4, -0.2) is 73.5 Å². The Kier molecular flexibility index (Phi) is 7.94. The van der Waals surface area contributed by atoms with Crippen LogP contribution in [0.25, 0.3) is 0 Å². The molecule has 0 unspecified atom stereocenters. The second kappa shape index (κ2) is 10.5. The number of benzene rings is 1. The molecule has 0 spiro atoms. The largest absolute Gasteiger partial charge is 0.485 e. The van der Waals surface area contributed by atoms with E-state index < -0.39 is 84.6 Å². The van der Waals surface area contributed by atoms with Crippen molar-refractivity contribution in [2.45, 2.75) is 81.1 Å². The molecule has 1 amide bonds. The molecule has 234 valence electrons. The zero-order valence-corrected chi connectivity index (χ0v) is 24.3. The Balaban J connectivity index is 1.86. The lowest BCUT2D eigenvalue weighted by atomic mass is 10.0. The van der Waals surface area contributed by atoms with Gasteiger partial charge < -0.3 is 9.84 Å². The van der Waals surface area contributed by atoms with Crippen LogP contribution in [0.5, 0.6) is 5.75 Å². The van der Waals surface area contributed by atoms with Crippen LogP contribution in [0.4, 0.5) is 38.1 Å². The molecular weight excluding hydrogens is 617 g/mol. The average molecular weight is 646 g/mol. The number of aryl methyl sites for hydroxylation is 1. The fraction of sp³-hybridized carbons (Fsp3) is 0.565. The summed E-state index contributed by atoms with van der Waals surface area (Å²) in [6.07, 6.45) is -6.73. The van der Waals surface area contributed by atoms with Crippen LogP contribution in [0.2, 0.25) is 0 Å². The highest BCUT2D eigenvalue weighted by molar-refractivity contribution is 7.93. The summed E-state index contributed by atoms with van der Waals surface area (Å²) in [7, 11) is -8.55. The molecule has 1 aromatic carbocycles. The van der Waals surface area contributed by atoms with Crippen molar-refractivity contribution in [3.05, 3.63) is 30.1 Å². The summed E-state index contributed by atoms with van der Waals surface area (Å²) in [5.41, 5.74) is -4.23. The Morgan fingerprint density at radius 3 is 2.33 bits per heavy atom. The number of rotatable bonds is 9. The fourth-order valence-corrected chi connectivity index (χ4v) is 7.76. The van der Waals surface area contributed by atoms with E-state index in [1.165, 1.54) is 6.92 Å². The van der Waals surface area contributed by atoms with E-state index in [9.17, 15) is 48.7 Å². The lowest BCUT2D eigenvalue weighted by Gasteiger charge is -2.42. The molecule has 1 fully saturated rings. The quantitative estimate of drug-likeness (QED) is 0.391. The molecule has 4 rings (SSSR count). The summed E-state index contributed by atoms with van der Waals surface area (Å²) >= 11 is 0. The van der Waals surface area contributed by atoms with Gasteiger partial charge in [0.15, 0.2) is 0 Å². The van der Waals surface area contributed by atoms with E-state index in [0.717, 1.165) is 25.1 Å². The summed E-state index contributed by atoms with van der Waals surface area (Å²) in [6, 6.07) is 1.64. The number of alkyl halides is 5. The van der Waals surface area contributed by atoms with Crippen LogP contribution >= 0.6 is 0 Å². The molecule has 42 heavy (non-hydrogen) atoms. The summed E-state index contributed by atoms with van der Waals surface area (Å²) in [6.45, 7) is 0.145. The molecule has 19 heteroatoms. The number of hydrogen-bond acceptors (Lipinski definition) is 7. The van der Waals surface area contributed by atoms with Crippen LogP contribution < -0.4 is 18.7 Å². The second-order valence-electron chi connectivity index (χ2n) is 10.5. The third-order valence-electron chi connectivity index (χ3n) is 7.13. The number of carboxylic acid groups (broad SMARTS) is 1. The Hall–Kier alpha value is -3.19. The van der Waals surface area contributed by atoms with Gasteiger partial charge in [-0.05, 0) is 58.7 Å². The molecule has 2 heterocycles. The Labute approximate surface area is 238 Å². The number of halogens is 5. The number of amides is 1. The van der Waals surface area contributed by atoms with Crippen LogP contribution in [0.1, 0.15) is 45.9 Å². The van der Waals surface area contributed by atoms with E-state index in [1.807, 2.05) is 0 Å². The highest BCUT2D eigenvalue weighted by atomic mass is 32.2. The summed E-state index contributed by atoms with van der Waals surface area (Å²) < 4.78 is 130. The normalized spacial score (nSPS) is 19.9. The van der Waals surface area contributed by atoms with Gasteiger partial charge in [-0.15, -0.1) is 0 Å². The first-order chi connectivity index (χ1) is 19.2. The first-order valence-electron chi connectivity index (χ1n) is 12.5. The molecule has 2 aliphatic rings. The molecule has 0 bridgehead atoms. The van der Waals surface area contributed by atoms with Crippen LogP contribution in [-0.2, 0) is 20.0 Å². The molecule has 0 saturated heterocycles. The maximum Gasteiger partial charge on any atom is 0.412 e. The van der Waals surface area contributed by atoms with E-state index in [2.05, 4.69) is 9.82 Å². The van der Waals surface area contributed by atoms with Gasteiger partial charge in [0.05, 0.1) is 34.6 Å². The van der Waals surface area contributed by atoms with Crippen LogP contribution in [0.15, 0.2) is 29.3 Å². The monoisotopic (exact) mass is 645 g/mol. The molecule has 2 aromatic rings. The van der Waals surface area contributed by atoms with Gasteiger partial charge in [0.25, 0.3) is 10.0 Å². The third kappa shape index (κ3) is 5.60. The van der Waals surface area contributed by atoms with Crippen molar-refractivity contribution in [1.29, 1.82) is 0 Å².